The van der Waals surface area contributed by atoms with Crippen molar-refractivity contribution in [2.45, 2.75) is 38.7 Å². The maximum absolute atomic E-state index is 12.6. The fourth-order valence-corrected chi connectivity index (χ4v) is 2.57. The van der Waals surface area contributed by atoms with Crippen molar-refractivity contribution in [2.75, 3.05) is 0 Å². The van der Waals surface area contributed by atoms with Crippen molar-refractivity contribution < 1.29 is 13.9 Å². The lowest BCUT2D eigenvalue weighted by Gasteiger charge is -2.05. The van der Waals surface area contributed by atoms with Crippen molar-refractivity contribution in [3.8, 4) is 0 Å². The van der Waals surface area contributed by atoms with Crippen LogP contribution in [-0.4, -0.2) is 14.9 Å². The van der Waals surface area contributed by atoms with E-state index >= 15 is 0 Å². The number of fused-ring (bicyclic) bond motifs is 3. The Bertz CT molecular complexity index is 403. The summed E-state index contributed by atoms with van der Waals surface area (Å²) in [5, 5.41) is 13.5. The predicted molar refractivity (Wildman–Crippen MR) is 55.3 cm³/mol. The first-order valence-corrected chi connectivity index (χ1v) is 5.64. The van der Waals surface area contributed by atoms with Crippen molar-refractivity contribution in [2.24, 2.45) is 13.0 Å². The molecule has 3 nitrogen and oxygen atoms in total. The Labute approximate surface area is 93.1 Å². The van der Waals surface area contributed by atoms with Crippen LogP contribution in [0.3, 0.4) is 0 Å². The van der Waals surface area contributed by atoms with E-state index < -0.39 is 12.5 Å². The van der Waals surface area contributed by atoms with E-state index in [1.807, 2.05) is 13.8 Å². The summed E-state index contributed by atoms with van der Waals surface area (Å²) in [6.07, 6.45) is -2.28. The number of nitrogens with zero attached hydrogens (tertiary/aromatic N) is 2. The molecular weight excluding hydrogens is 214 g/mol. The first-order valence-electron chi connectivity index (χ1n) is 5.64. The molecule has 0 amide bonds. The summed E-state index contributed by atoms with van der Waals surface area (Å²) in [7, 11) is 1.61. The van der Waals surface area contributed by atoms with Crippen LogP contribution >= 0.6 is 0 Å². The lowest BCUT2D eigenvalue weighted by atomic mass is 10.1. The summed E-state index contributed by atoms with van der Waals surface area (Å²) in [5.74, 6) is 0.310. The van der Waals surface area contributed by atoms with Crippen molar-refractivity contribution in [3.63, 3.8) is 0 Å². The number of aliphatic hydroxyl groups is 1. The Balaban J connectivity index is 0.000000457. The van der Waals surface area contributed by atoms with Crippen molar-refractivity contribution in [1.82, 2.24) is 9.78 Å². The Morgan fingerprint density at radius 3 is 2.62 bits per heavy atom. The fraction of sp³-hybridized carbons (Fsp3) is 0.727. The van der Waals surface area contributed by atoms with E-state index in [2.05, 4.69) is 5.10 Å². The summed E-state index contributed by atoms with van der Waals surface area (Å²) >= 11 is 0. The zero-order valence-electron chi connectivity index (χ0n) is 9.61. The van der Waals surface area contributed by atoms with Crippen LogP contribution in [0.2, 0.25) is 0 Å². The number of rotatable bonds is 1. The van der Waals surface area contributed by atoms with Gasteiger partial charge in [-0.2, -0.15) is 5.10 Å². The van der Waals surface area contributed by atoms with Crippen LogP contribution in [0.25, 0.3) is 0 Å². The maximum Gasteiger partial charge on any atom is 0.282 e. The van der Waals surface area contributed by atoms with Gasteiger partial charge in [0.15, 0.2) is 0 Å². The topological polar surface area (TPSA) is 38.0 Å². The van der Waals surface area contributed by atoms with Crippen LogP contribution in [0, 0.1) is 5.92 Å². The Morgan fingerprint density at radius 2 is 2.06 bits per heavy atom. The van der Waals surface area contributed by atoms with Gasteiger partial charge in [-0.15, -0.1) is 0 Å². The second kappa shape index (κ2) is 3.80. The van der Waals surface area contributed by atoms with Gasteiger partial charge in [0, 0.05) is 12.6 Å². The molecule has 3 rings (SSSR count). The highest BCUT2D eigenvalue weighted by Crippen LogP contribution is 2.63. The molecule has 1 saturated carbocycles. The summed E-state index contributed by atoms with van der Waals surface area (Å²) in [5.41, 5.74) is 1.08. The molecule has 1 aromatic heterocycles. The Kier molecular flexibility index (Phi) is 2.74. The molecule has 3 unspecified atom stereocenters. The Morgan fingerprint density at radius 1 is 1.44 bits per heavy atom. The molecule has 0 radical (unpaired) electrons. The average Bonchev–Trinajstić information content (AvgIpc) is 2.90. The van der Waals surface area contributed by atoms with E-state index in [4.69, 9.17) is 0 Å². The highest BCUT2D eigenvalue weighted by atomic mass is 19.3. The van der Waals surface area contributed by atoms with Crippen LogP contribution < -0.4 is 0 Å². The van der Waals surface area contributed by atoms with Crippen molar-refractivity contribution >= 4 is 0 Å². The van der Waals surface area contributed by atoms with E-state index in [0.717, 1.165) is 6.42 Å². The molecule has 0 spiro atoms. The summed E-state index contributed by atoms with van der Waals surface area (Å²) in [6.45, 7) is 4.00. The van der Waals surface area contributed by atoms with Crippen molar-refractivity contribution in [1.29, 1.82) is 0 Å². The molecule has 2 aliphatic rings. The van der Waals surface area contributed by atoms with Crippen LogP contribution in [0.15, 0.2) is 0 Å². The summed E-state index contributed by atoms with van der Waals surface area (Å²) in [4.78, 5) is 0. The Hall–Kier alpha value is -0.970. The van der Waals surface area contributed by atoms with Crippen LogP contribution in [0.5, 0.6) is 0 Å². The third kappa shape index (κ3) is 1.38. The second-order valence-corrected chi connectivity index (χ2v) is 4.06. The average molecular weight is 230 g/mol. The number of aliphatic hydroxyl groups excluding tert-OH is 1. The molecular formula is C11H16F2N2O. The lowest BCUT2D eigenvalue weighted by molar-refractivity contribution is 0.142. The predicted octanol–water partition coefficient (Wildman–Crippen LogP) is 2.53. The van der Waals surface area contributed by atoms with Crippen LogP contribution in [0.1, 0.15) is 55.7 Å². The minimum Gasteiger partial charge on any atom is -0.386 e. The third-order valence-corrected chi connectivity index (χ3v) is 3.26. The molecule has 16 heavy (non-hydrogen) atoms. The smallest absolute Gasteiger partial charge is 0.282 e. The molecule has 0 aromatic carbocycles. The minimum atomic E-state index is -2.53. The number of aryl methyl sites for hydroxylation is 1. The second-order valence-electron chi connectivity index (χ2n) is 4.06. The molecule has 1 aromatic rings. The molecule has 2 aliphatic carbocycles. The van der Waals surface area contributed by atoms with E-state index in [0.29, 0.717) is 11.3 Å². The number of hydrogen-bond acceptors (Lipinski definition) is 2. The van der Waals surface area contributed by atoms with E-state index in [-0.39, 0.29) is 17.5 Å². The van der Waals surface area contributed by atoms with Gasteiger partial charge in [-0.05, 0) is 18.3 Å². The molecule has 0 saturated heterocycles. The summed E-state index contributed by atoms with van der Waals surface area (Å²) < 4.78 is 26.6. The van der Waals surface area contributed by atoms with Crippen LogP contribution in [-0.2, 0) is 7.05 Å². The number of halogens is 2. The van der Waals surface area contributed by atoms with Gasteiger partial charge in [-0.3, -0.25) is 4.68 Å². The maximum atomic E-state index is 12.6. The first-order chi connectivity index (χ1) is 7.61. The van der Waals surface area contributed by atoms with Gasteiger partial charge in [0.05, 0.1) is 11.8 Å². The molecule has 5 heteroatoms. The minimum absolute atomic E-state index is 0.133. The van der Waals surface area contributed by atoms with E-state index in [1.54, 1.807) is 7.05 Å². The van der Waals surface area contributed by atoms with Gasteiger partial charge in [-0.1, -0.05) is 13.8 Å². The first kappa shape index (κ1) is 11.5. The zero-order chi connectivity index (χ0) is 12.0. The van der Waals surface area contributed by atoms with Gasteiger partial charge in [0.2, 0.25) is 0 Å². The molecule has 1 fully saturated rings. The SMILES string of the molecule is CC.Cn1nc(C(F)F)c2c1C(O)C1CC21. The molecule has 1 N–H and O–H groups in total. The lowest BCUT2D eigenvalue weighted by Crippen LogP contribution is -2.04. The standard InChI is InChI=1S/C9H10F2N2O.C2H6/c1-13-7-5(6(12-13)9(10)11)3-2-4(3)8(7)14;1-2/h3-4,8-9,14H,2H2,1H3;1-2H3. The van der Waals surface area contributed by atoms with Gasteiger partial charge in [0.25, 0.3) is 6.43 Å². The van der Waals surface area contributed by atoms with E-state index in [1.165, 1.54) is 4.68 Å². The molecule has 3 atom stereocenters. The molecule has 0 bridgehead atoms. The highest BCUT2D eigenvalue weighted by molar-refractivity contribution is 5.44. The summed E-state index contributed by atoms with van der Waals surface area (Å²) in [6, 6.07) is 0. The highest BCUT2D eigenvalue weighted by Gasteiger charge is 2.55. The molecule has 90 valence electrons. The van der Waals surface area contributed by atoms with Gasteiger partial charge < -0.3 is 5.11 Å². The quantitative estimate of drug-likeness (QED) is 0.805. The van der Waals surface area contributed by atoms with E-state index in [9.17, 15) is 13.9 Å². The molecule has 1 heterocycles. The number of hydrogen-bond donors (Lipinski definition) is 1. The zero-order valence-corrected chi connectivity index (χ0v) is 9.61. The van der Waals surface area contributed by atoms with Gasteiger partial charge in [0.1, 0.15) is 5.69 Å². The largest absolute Gasteiger partial charge is 0.386 e. The molecule has 0 aliphatic heterocycles. The number of aromatic nitrogens is 2. The fourth-order valence-electron chi connectivity index (χ4n) is 2.57. The van der Waals surface area contributed by atoms with Crippen molar-refractivity contribution in [3.05, 3.63) is 17.0 Å². The normalized spacial score (nSPS) is 29.6. The number of alkyl halides is 2. The van der Waals surface area contributed by atoms with Gasteiger partial charge >= 0.3 is 0 Å². The monoisotopic (exact) mass is 230 g/mol. The van der Waals surface area contributed by atoms with Crippen LogP contribution in [0.4, 0.5) is 8.78 Å². The third-order valence-electron chi connectivity index (χ3n) is 3.26. The van der Waals surface area contributed by atoms with Gasteiger partial charge in [-0.25, -0.2) is 8.78 Å².